The van der Waals surface area contributed by atoms with Crippen LogP contribution in [0, 0.1) is 10.1 Å². The van der Waals surface area contributed by atoms with Crippen LogP contribution >= 0.6 is 11.3 Å². The Morgan fingerprint density at radius 2 is 1.74 bits per heavy atom. The summed E-state index contributed by atoms with van der Waals surface area (Å²) in [6, 6.07) is 8.85. The van der Waals surface area contributed by atoms with Gasteiger partial charge in [-0.25, -0.2) is 4.98 Å². The zero-order chi connectivity index (χ0) is 16.6. The summed E-state index contributed by atoms with van der Waals surface area (Å²) in [7, 11) is 0. The van der Waals surface area contributed by atoms with Crippen molar-refractivity contribution in [3.63, 3.8) is 0 Å². The summed E-state index contributed by atoms with van der Waals surface area (Å²) in [4.78, 5) is 14.5. The SMILES string of the molecule is O=[N+]([O-])c1cc(-c2nc(-c3ccc(O)cc3)cs2)cc(O)c1O. The van der Waals surface area contributed by atoms with Crippen molar-refractivity contribution in [2.45, 2.75) is 0 Å². The van der Waals surface area contributed by atoms with Crippen molar-refractivity contribution in [3.05, 3.63) is 51.9 Å². The van der Waals surface area contributed by atoms with E-state index in [1.54, 1.807) is 17.5 Å². The maximum atomic E-state index is 10.9. The van der Waals surface area contributed by atoms with E-state index in [9.17, 15) is 25.4 Å². The number of phenols is 3. The van der Waals surface area contributed by atoms with Gasteiger partial charge in [-0.2, -0.15) is 0 Å². The van der Waals surface area contributed by atoms with Gasteiger partial charge in [-0.3, -0.25) is 10.1 Å². The third-order valence-corrected chi connectivity index (χ3v) is 4.07. The van der Waals surface area contributed by atoms with E-state index < -0.39 is 22.1 Å². The zero-order valence-electron chi connectivity index (χ0n) is 11.5. The summed E-state index contributed by atoms with van der Waals surface area (Å²) in [5.74, 6) is -1.20. The molecule has 7 nitrogen and oxygen atoms in total. The molecule has 116 valence electrons. The lowest BCUT2D eigenvalue weighted by Gasteiger charge is -2.02. The van der Waals surface area contributed by atoms with Crippen LogP contribution in [0.5, 0.6) is 17.2 Å². The Balaban J connectivity index is 2.03. The van der Waals surface area contributed by atoms with Crippen molar-refractivity contribution in [1.29, 1.82) is 0 Å². The minimum atomic E-state index is -0.771. The summed E-state index contributed by atoms with van der Waals surface area (Å²) in [5.41, 5.74) is 1.17. The molecule has 0 amide bonds. The van der Waals surface area contributed by atoms with Crippen LogP contribution in [-0.2, 0) is 0 Å². The first-order chi connectivity index (χ1) is 11.0. The van der Waals surface area contributed by atoms with Crippen LogP contribution in [0.3, 0.4) is 0 Å². The summed E-state index contributed by atoms with van der Waals surface area (Å²) < 4.78 is 0. The Labute approximate surface area is 133 Å². The highest BCUT2D eigenvalue weighted by Crippen LogP contribution is 2.40. The number of nitrogens with zero attached hydrogens (tertiary/aromatic N) is 2. The maximum absolute atomic E-state index is 10.9. The number of rotatable bonds is 3. The topological polar surface area (TPSA) is 117 Å². The van der Waals surface area contributed by atoms with Gasteiger partial charge in [0.05, 0.1) is 10.6 Å². The minimum Gasteiger partial charge on any atom is -0.508 e. The molecule has 0 radical (unpaired) electrons. The van der Waals surface area contributed by atoms with Crippen LogP contribution in [0.2, 0.25) is 0 Å². The molecule has 0 unspecified atom stereocenters. The number of hydrogen-bond acceptors (Lipinski definition) is 7. The molecule has 3 N–H and O–H groups in total. The molecule has 0 aliphatic rings. The van der Waals surface area contributed by atoms with E-state index in [2.05, 4.69) is 4.98 Å². The third kappa shape index (κ3) is 2.79. The van der Waals surface area contributed by atoms with Crippen molar-refractivity contribution in [1.82, 2.24) is 4.98 Å². The number of nitro benzene ring substituents is 1. The van der Waals surface area contributed by atoms with E-state index in [0.29, 0.717) is 16.3 Å². The van der Waals surface area contributed by atoms with Crippen LogP contribution in [0.25, 0.3) is 21.8 Å². The summed E-state index contributed by atoms with van der Waals surface area (Å²) >= 11 is 1.25. The van der Waals surface area contributed by atoms with E-state index in [1.165, 1.54) is 29.5 Å². The van der Waals surface area contributed by atoms with Crippen LogP contribution in [0.15, 0.2) is 41.8 Å². The van der Waals surface area contributed by atoms with E-state index >= 15 is 0 Å². The predicted molar refractivity (Wildman–Crippen MR) is 84.6 cm³/mol. The van der Waals surface area contributed by atoms with Gasteiger partial charge in [0.25, 0.3) is 0 Å². The number of phenolic OH excluding ortho intramolecular Hbond substituents is 3. The van der Waals surface area contributed by atoms with Crippen molar-refractivity contribution in [2.75, 3.05) is 0 Å². The molecule has 3 rings (SSSR count). The number of benzene rings is 2. The van der Waals surface area contributed by atoms with E-state index in [4.69, 9.17) is 0 Å². The predicted octanol–water partition coefficient (Wildman–Crippen LogP) is 3.50. The Hall–Kier alpha value is -3.13. The molecule has 1 heterocycles. The third-order valence-electron chi connectivity index (χ3n) is 3.18. The lowest BCUT2D eigenvalue weighted by Crippen LogP contribution is -1.90. The van der Waals surface area contributed by atoms with Gasteiger partial charge in [0, 0.05) is 22.6 Å². The molecule has 23 heavy (non-hydrogen) atoms. The molecule has 0 spiro atoms. The lowest BCUT2D eigenvalue weighted by molar-refractivity contribution is -0.385. The summed E-state index contributed by atoms with van der Waals surface area (Å²) in [6.07, 6.45) is 0. The minimum absolute atomic E-state index is 0.142. The molecular weight excluding hydrogens is 320 g/mol. The normalized spacial score (nSPS) is 10.6. The molecule has 1 aromatic heterocycles. The number of aromatic hydroxyl groups is 3. The summed E-state index contributed by atoms with van der Waals surface area (Å²) in [6.45, 7) is 0. The molecule has 3 aromatic rings. The van der Waals surface area contributed by atoms with Gasteiger partial charge in [-0.15, -0.1) is 11.3 Å². The van der Waals surface area contributed by atoms with Crippen molar-refractivity contribution < 1.29 is 20.2 Å². The maximum Gasteiger partial charge on any atom is 0.315 e. The van der Waals surface area contributed by atoms with Gasteiger partial charge in [0.15, 0.2) is 5.75 Å². The number of hydrogen-bond donors (Lipinski definition) is 3. The molecule has 0 aliphatic heterocycles. The second-order valence-electron chi connectivity index (χ2n) is 4.70. The largest absolute Gasteiger partial charge is 0.508 e. The second-order valence-corrected chi connectivity index (χ2v) is 5.56. The first kappa shape index (κ1) is 14.8. The van der Waals surface area contributed by atoms with Crippen molar-refractivity contribution in [3.8, 4) is 39.1 Å². The monoisotopic (exact) mass is 330 g/mol. The van der Waals surface area contributed by atoms with Gasteiger partial charge in [0.1, 0.15) is 10.8 Å². The zero-order valence-corrected chi connectivity index (χ0v) is 12.3. The fraction of sp³-hybridized carbons (Fsp3) is 0. The smallest absolute Gasteiger partial charge is 0.315 e. The molecule has 0 saturated heterocycles. The number of thiazole rings is 1. The van der Waals surface area contributed by atoms with Crippen LogP contribution in [0.1, 0.15) is 0 Å². The molecule has 0 atom stereocenters. The summed E-state index contributed by atoms with van der Waals surface area (Å²) in [5, 5.41) is 41.6. The van der Waals surface area contributed by atoms with Crippen LogP contribution in [0.4, 0.5) is 5.69 Å². The highest BCUT2D eigenvalue weighted by molar-refractivity contribution is 7.13. The molecule has 0 saturated carbocycles. The van der Waals surface area contributed by atoms with Gasteiger partial charge >= 0.3 is 5.69 Å². The molecular formula is C15H10N2O5S. The van der Waals surface area contributed by atoms with Gasteiger partial charge in [-0.05, 0) is 30.3 Å². The van der Waals surface area contributed by atoms with Crippen LogP contribution in [-0.4, -0.2) is 25.2 Å². The first-order valence-corrected chi connectivity index (χ1v) is 7.29. The average Bonchev–Trinajstić information content (AvgIpc) is 3.00. The van der Waals surface area contributed by atoms with Crippen LogP contribution < -0.4 is 0 Å². The standard InChI is InChI=1S/C15H10N2O5S/c18-10-3-1-8(2-4-10)11-7-23-15(16-11)9-5-12(17(21)22)14(20)13(19)6-9/h1-7,18-20H. The molecule has 0 fully saturated rings. The number of nitro groups is 1. The second kappa shape index (κ2) is 5.58. The Morgan fingerprint density at radius 3 is 2.39 bits per heavy atom. The number of aromatic nitrogens is 1. The highest BCUT2D eigenvalue weighted by Gasteiger charge is 2.20. The first-order valence-electron chi connectivity index (χ1n) is 6.41. The van der Waals surface area contributed by atoms with Gasteiger partial charge in [0.2, 0.25) is 5.75 Å². The Kier molecular flexibility index (Phi) is 3.59. The van der Waals surface area contributed by atoms with Gasteiger partial charge < -0.3 is 15.3 Å². The average molecular weight is 330 g/mol. The van der Waals surface area contributed by atoms with E-state index in [-0.39, 0.29) is 5.75 Å². The Bertz CT molecular complexity index is 889. The fourth-order valence-electron chi connectivity index (χ4n) is 2.04. The quantitative estimate of drug-likeness (QED) is 0.384. The molecule has 8 heteroatoms. The molecule has 2 aromatic carbocycles. The van der Waals surface area contributed by atoms with Crippen molar-refractivity contribution >= 4 is 17.0 Å². The Morgan fingerprint density at radius 1 is 1.04 bits per heavy atom. The highest BCUT2D eigenvalue weighted by atomic mass is 32.1. The van der Waals surface area contributed by atoms with E-state index in [0.717, 1.165) is 11.6 Å². The lowest BCUT2D eigenvalue weighted by atomic mass is 10.1. The van der Waals surface area contributed by atoms with Crippen molar-refractivity contribution in [2.24, 2.45) is 0 Å². The molecule has 0 bridgehead atoms. The van der Waals surface area contributed by atoms with E-state index in [1.807, 2.05) is 0 Å². The molecule has 0 aliphatic carbocycles. The van der Waals surface area contributed by atoms with Gasteiger partial charge in [-0.1, -0.05) is 0 Å². The fourth-order valence-corrected chi connectivity index (χ4v) is 2.85.